The van der Waals surface area contributed by atoms with Crippen LogP contribution in [-0.4, -0.2) is 90.0 Å². The number of esters is 2. The van der Waals surface area contributed by atoms with Crippen LogP contribution in [0.15, 0.2) is 24.3 Å². The van der Waals surface area contributed by atoms with Crippen molar-refractivity contribution in [1.29, 1.82) is 0 Å². The Kier molecular flexibility index (Phi) is 52.4. The first-order chi connectivity index (χ1) is 16.2. The van der Waals surface area contributed by atoms with Crippen molar-refractivity contribution in [2.45, 2.75) is 97.4 Å². The Morgan fingerprint density at radius 3 is 1.21 bits per heavy atom. The van der Waals surface area contributed by atoms with Crippen molar-refractivity contribution in [2.75, 3.05) is 34.5 Å². The third kappa shape index (κ3) is 33.6. The Hall–Kier alpha value is -0.538. The van der Waals surface area contributed by atoms with Crippen LogP contribution in [0.4, 0.5) is 0 Å². The van der Waals surface area contributed by atoms with Gasteiger partial charge in [0.05, 0.1) is 13.2 Å². The first-order valence-electron chi connectivity index (χ1n) is 12.5. The molecule has 0 aliphatic carbocycles. The molecule has 0 rings (SSSR count). The summed E-state index contributed by atoms with van der Waals surface area (Å²) >= 11 is 0. The van der Waals surface area contributed by atoms with E-state index in [1.807, 2.05) is 0 Å². The normalized spacial score (nSPS) is 9.38. The van der Waals surface area contributed by atoms with Gasteiger partial charge in [-0.05, 0) is 26.7 Å². The van der Waals surface area contributed by atoms with E-state index in [2.05, 4.69) is 20.1 Å². The second-order valence-electron chi connectivity index (χ2n) is 8.41. The monoisotopic (exact) mass is 604 g/mol. The van der Waals surface area contributed by atoms with E-state index in [-0.39, 0.29) is 63.1 Å². The second-order valence-corrected chi connectivity index (χ2v) is 11.5. The summed E-state index contributed by atoms with van der Waals surface area (Å²) in [5.74, 6) is -0.634. The van der Waals surface area contributed by atoms with E-state index in [0.29, 0.717) is 36.8 Å². The average Bonchev–Trinajstić information content (AvgIpc) is 2.83. The summed E-state index contributed by atoms with van der Waals surface area (Å²) in [5, 5.41) is 0. The van der Waals surface area contributed by atoms with Crippen molar-refractivity contribution in [3.05, 3.63) is 24.3 Å². The van der Waals surface area contributed by atoms with Crippen LogP contribution >= 0.6 is 0 Å². The number of carbonyl (C=O) groups is 2. The van der Waals surface area contributed by atoms with Gasteiger partial charge in [0.25, 0.3) is 0 Å². The SMILES string of the molecule is C=C(C)C(=O)OCCCCCCCCCCCC.C=C(C)C(=O)OCCC[Si](OC)(OC)OC.[Al+3].[Al+3].[O-2].[O-2].[O-2]. The number of carbonyl (C=O) groups excluding carboxylic acids is 2. The van der Waals surface area contributed by atoms with E-state index < -0.39 is 8.80 Å². The summed E-state index contributed by atoms with van der Waals surface area (Å²) in [4.78, 5) is 22.2. The molecule has 0 aliphatic heterocycles. The molecule has 13 heteroatoms. The van der Waals surface area contributed by atoms with Crippen LogP contribution in [0.3, 0.4) is 0 Å². The molecule has 0 bridgehead atoms. The number of rotatable bonds is 20. The summed E-state index contributed by atoms with van der Waals surface area (Å²) in [6.45, 7) is 13.4. The first kappa shape index (κ1) is 54.5. The third-order valence-electron chi connectivity index (χ3n) is 5.22. The molecule has 0 atom stereocenters. The van der Waals surface area contributed by atoms with E-state index in [0.717, 1.165) is 6.42 Å². The molecule has 0 saturated carbocycles. The molecule has 0 heterocycles. The van der Waals surface area contributed by atoms with Gasteiger partial charge in [-0.2, -0.15) is 0 Å². The number of hydrogen-bond donors (Lipinski definition) is 0. The maximum absolute atomic E-state index is 11.1. The van der Waals surface area contributed by atoms with Crippen molar-refractivity contribution in [3.8, 4) is 0 Å². The number of hydrogen-bond acceptors (Lipinski definition) is 7. The van der Waals surface area contributed by atoms with Gasteiger partial charge in [0.1, 0.15) is 0 Å². The van der Waals surface area contributed by atoms with Crippen LogP contribution in [0.25, 0.3) is 0 Å². The zero-order chi connectivity index (χ0) is 26.2. The van der Waals surface area contributed by atoms with Gasteiger partial charge in [0.15, 0.2) is 0 Å². The van der Waals surface area contributed by atoms with Gasteiger partial charge in [-0.1, -0.05) is 77.9 Å². The fourth-order valence-electron chi connectivity index (χ4n) is 3.01. The van der Waals surface area contributed by atoms with Crippen LogP contribution in [0.2, 0.25) is 6.04 Å². The van der Waals surface area contributed by atoms with Crippen LogP contribution in [0.5, 0.6) is 0 Å². The van der Waals surface area contributed by atoms with Crippen LogP contribution < -0.4 is 0 Å². The van der Waals surface area contributed by atoms with Crippen molar-refractivity contribution >= 4 is 55.5 Å². The maximum Gasteiger partial charge on any atom is 3.00 e. The molecule has 39 heavy (non-hydrogen) atoms. The van der Waals surface area contributed by atoms with Gasteiger partial charge in [-0.25, -0.2) is 9.59 Å². The molecule has 224 valence electrons. The number of unbranched alkanes of at least 4 members (excludes halogenated alkanes) is 9. The molecule has 0 N–H and O–H groups in total. The van der Waals surface area contributed by atoms with Crippen molar-refractivity contribution in [3.63, 3.8) is 0 Å². The van der Waals surface area contributed by atoms with Crippen molar-refractivity contribution in [1.82, 2.24) is 0 Å². The minimum Gasteiger partial charge on any atom is -2.00 e. The van der Waals surface area contributed by atoms with E-state index >= 15 is 0 Å². The van der Waals surface area contributed by atoms with E-state index in [9.17, 15) is 9.59 Å². The summed E-state index contributed by atoms with van der Waals surface area (Å²) in [6, 6.07) is 0.611. The molecular formula is C26H50Al2O10Si. The summed E-state index contributed by atoms with van der Waals surface area (Å²) in [7, 11) is 2.13. The fourth-order valence-corrected chi connectivity index (χ4v) is 4.70. The Balaban J connectivity index is -0.0000000935. The van der Waals surface area contributed by atoms with Gasteiger partial charge < -0.3 is 39.2 Å². The Bertz CT molecular complexity index is 569. The molecule has 0 amide bonds. The van der Waals surface area contributed by atoms with Crippen LogP contribution in [0.1, 0.15) is 91.4 Å². The molecular weight excluding hydrogens is 554 g/mol. The van der Waals surface area contributed by atoms with Crippen molar-refractivity contribution < 1.29 is 48.8 Å². The quantitative estimate of drug-likeness (QED) is 0.0788. The van der Waals surface area contributed by atoms with E-state index in [4.69, 9.17) is 22.8 Å². The summed E-state index contributed by atoms with van der Waals surface area (Å²) in [6.07, 6.45) is 13.6. The molecule has 0 aromatic carbocycles. The molecule has 10 nitrogen and oxygen atoms in total. The molecule has 0 aromatic rings. The molecule has 0 spiro atoms. The molecule has 0 unspecified atom stereocenters. The summed E-state index contributed by atoms with van der Waals surface area (Å²) in [5.41, 5.74) is 0.885. The van der Waals surface area contributed by atoms with E-state index in [1.165, 1.54) is 57.8 Å². The third-order valence-corrected chi connectivity index (χ3v) is 8.05. The molecule has 0 radical (unpaired) electrons. The topological polar surface area (TPSA) is 166 Å². The largest absolute Gasteiger partial charge is 3.00 e. The van der Waals surface area contributed by atoms with Gasteiger partial charge >= 0.3 is 55.5 Å². The Morgan fingerprint density at radius 2 is 0.897 bits per heavy atom. The van der Waals surface area contributed by atoms with Gasteiger partial charge in [0.2, 0.25) is 0 Å². The smallest absolute Gasteiger partial charge is 2.00 e. The maximum atomic E-state index is 11.1. The minimum absolute atomic E-state index is 0. The molecule has 0 fully saturated rings. The predicted molar refractivity (Wildman–Crippen MR) is 153 cm³/mol. The van der Waals surface area contributed by atoms with Crippen LogP contribution in [-0.2, 0) is 48.8 Å². The fraction of sp³-hybridized carbons (Fsp3) is 0.769. The molecule has 0 saturated heterocycles. The molecule has 0 aromatic heterocycles. The second kappa shape index (κ2) is 37.5. The standard InChI is InChI=1S/C16H30O2.C10H20O5Si.2Al.3O/c1-4-5-6-7-8-9-10-11-12-13-14-18-16(17)15(2)3;1-9(2)10(11)15-7-6-8-16(12-3,13-4)14-5;;;;;/h2,4-14H2,1,3H3;1,6-8H2,2-5H3;;;;;/q;;2*+3;3*-2. The zero-order valence-electron chi connectivity index (χ0n) is 25.1. The van der Waals surface area contributed by atoms with Crippen LogP contribution in [0, 0.1) is 0 Å². The zero-order valence-corrected chi connectivity index (χ0v) is 28.4. The first-order valence-corrected chi connectivity index (χ1v) is 14.4. The minimum atomic E-state index is -2.53. The van der Waals surface area contributed by atoms with E-state index in [1.54, 1.807) is 35.2 Å². The molecule has 0 aliphatic rings. The van der Waals surface area contributed by atoms with Gasteiger partial charge in [-0.15, -0.1) is 0 Å². The predicted octanol–water partition coefficient (Wildman–Crippen LogP) is 5.28. The Morgan fingerprint density at radius 1 is 0.590 bits per heavy atom. The summed E-state index contributed by atoms with van der Waals surface area (Å²) < 4.78 is 25.7. The van der Waals surface area contributed by atoms with Gasteiger partial charge in [-0.3, -0.25) is 0 Å². The number of ether oxygens (including phenoxy) is 2. The average molecular weight is 605 g/mol. The van der Waals surface area contributed by atoms with Crippen molar-refractivity contribution in [2.24, 2.45) is 0 Å². The van der Waals surface area contributed by atoms with Gasteiger partial charge in [0, 0.05) is 38.5 Å². The Labute approximate surface area is 259 Å².